The Balaban J connectivity index is 1.74. The van der Waals surface area contributed by atoms with E-state index in [4.69, 9.17) is 25.8 Å². The van der Waals surface area contributed by atoms with Gasteiger partial charge in [-0.05, 0) is 29.7 Å². The van der Waals surface area contributed by atoms with E-state index in [1.165, 1.54) is 6.07 Å². The lowest BCUT2D eigenvalue weighted by Crippen LogP contribution is -2.19. The molecule has 0 aliphatic rings. The van der Waals surface area contributed by atoms with Crippen LogP contribution in [-0.4, -0.2) is 18.3 Å². The highest BCUT2D eigenvalue weighted by Crippen LogP contribution is 2.38. The average Bonchev–Trinajstić information content (AvgIpc) is 2.79. The molecule has 0 unspecified atom stereocenters. The van der Waals surface area contributed by atoms with Gasteiger partial charge in [0.1, 0.15) is 12.4 Å². The van der Waals surface area contributed by atoms with E-state index >= 15 is 0 Å². The molecule has 2 aromatic carbocycles. The minimum Gasteiger partial charge on any atom is -0.493 e. The van der Waals surface area contributed by atoms with E-state index < -0.39 is 0 Å². The molecule has 0 saturated carbocycles. The maximum atomic E-state index is 12.5. The number of halogens is 1. The number of nitrogens with zero attached hydrogens (tertiary/aromatic N) is 1. The molecule has 0 aliphatic carbocycles. The SMILES string of the molecule is CCCCCOc1ccn(Cc2ccc(OC)c(OCc3ccccc3)c2Cl)c(=O)c1. The molecule has 0 N–H and O–H groups in total. The lowest BCUT2D eigenvalue weighted by atomic mass is 10.2. The summed E-state index contributed by atoms with van der Waals surface area (Å²) in [5, 5.41) is 0.432. The van der Waals surface area contributed by atoms with Gasteiger partial charge in [0.25, 0.3) is 5.56 Å². The lowest BCUT2D eigenvalue weighted by Gasteiger charge is -2.16. The summed E-state index contributed by atoms with van der Waals surface area (Å²) < 4.78 is 18.6. The van der Waals surface area contributed by atoms with Crippen LogP contribution in [0.3, 0.4) is 0 Å². The highest BCUT2D eigenvalue weighted by Gasteiger charge is 2.15. The molecular formula is C25H28ClNO4. The number of pyridine rings is 1. The van der Waals surface area contributed by atoms with E-state index in [9.17, 15) is 4.79 Å². The molecule has 5 nitrogen and oxygen atoms in total. The Labute approximate surface area is 188 Å². The molecule has 0 atom stereocenters. The Morgan fingerprint density at radius 2 is 1.81 bits per heavy atom. The molecular weight excluding hydrogens is 414 g/mol. The van der Waals surface area contributed by atoms with Gasteiger partial charge in [-0.2, -0.15) is 0 Å². The first-order valence-corrected chi connectivity index (χ1v) is 10.9. The van der Waals surface area contributed by atoms with Crippen molar-refractivity contribution < 1.29 is 14.2 Å². The van der Waals surface area contributed by atoms with Crippen molar-refractivity contribution in [2.45, 2.75) is 39.3 Å². The number of methoxy groups -OCH3 is 1. The van der Waals surface area contributed by atoms with Crippen LogP contribution in [0.25, 0.3) is 0 Å². The molecule has 1 aromatic heterocycles. The third-order valence-electron chi connectivity index (χ3n) is 4.91. The first kappa shape index (κ1) is 22.8. The van der Waals surface area contributed by atoms with Gasteiger partial charge in [0.2, 0.25) is 0 Å². The van der Waals surface area contributed by atoms with Crippen molar-refractivity contribution in [3.8, 4) is 17.2 Å². The number of aromatic nitrogens is 1. The predicted molar refractivity (Wildman–Crippen MR) is 124 cm³/mol. The Morgan fingerprint density at radius 3 is 2.52 bits per heavy atom. The van der Waals surface area contributed by atoms with E-state index in [1.54, 1.807) is 30.0 Å². The van der Waals surface area contributed by atoms with Crippen molar-refractivity contribution in [2.24, 2.45) is 0 Å². The van der Waals surface area contributed by atoms with Crippen LogP contribution < -0.4 is 19.8 Å². The smallest absolute Gasteiger partial charge is 0.254 e. The van der Waals surface area contributed by atoms with E-state index in [2.05, 4.69) is 6.92 Å². The van der Waals surface area contributed by atoms with Gasteiger partial charge in [-0.25, -0.2) is 0 Å². The summed E-state index contributed by atoms with van der Waals surface area (Å²) in [5.74, 6) is 1.60. The average molecular weight is 442 g/mol. The number of rotatable bonds is 11. The number of hydrogen-bond acceptors (Lipinski definition) is 4. The molecule has 0 bridgehead atoms. The minimum absolute atomic E-state index is 0.147. The van der Waals surface area contributed by atoms with Gasteiger partial charge in [0.05, 0.1) is 25.3 Å². The topological polar surface area (TPSA) is 49.7 Å². The molecule has 6 heteroatoms. The van der Waals surface area contributed by atoms with Gasteiger partial charge in [-0.1, -0.05) is 67.8 Å². The normalized spacial score (nSPS) is 10.7. The quantitative estimate of drug-likeness (QED) is 0.358. The van der Waals surface area contributed by atoms with Gasteiger partial charge >= 0.3 is 0 Å². The minimum atomic E-state index is -0.147. The van der Waals surface area contributed by atoms with Crippen molar-refractivity contribution in [1.29, 1.82) is 0 Å². The van der Waals surface area contributed by atoms with Crippen LogP contribution >= 0.6 is 11.6 Å². The monoisotopic (exact) mass is 441 g/mol. The zero-order valence-corrected chi connectivity index (χ0v) is 18.7. The fourth-order valence-corrected chi connectivity index (χ4v) is 3.43. The summed E-state index contributed by atoms with van der Waals surface area (Å²) in [6.45, 7) is 3.44. The fourth-order valence-electron chi connectivity index (χ4n) is 3.16. The molecule has 3 rings (SSSR count). The van der Waals surface area contributed by atoms with E-state index in [-0.39, 0.29) is 5.56 Å². The summed E-state index contributed by atoms with van der Waals surface area (Å²) >= 11 is 6.65. The molecule has 3 aromatic rings. The van der Waals surface area contributed by atoms with Crippen LogP contribution in [0.5, 0.6) is 17.2 Å². The van der Waals surface area contributed by atoms with Gasteiger partial charge in [-0.3, -0.25) is 4.79 Å². The van der Waals surface area contributed by atoms with Crippen molar-refractivity contribution in [3.05, 3.63) is 87.3 Å². The first-order valence-electron chi connectivity index (χ1n) is 10.5. The Bertz CT molecular complexity index is 1030. The van der Waals surface area contributed by atoms with Crippen molar-refractivity contribution in [2.75, 3.05) is 13.7 Å². The second-order valence-electron chi connectivity index (χ2n) is 7.23. The van der Waals surface area contributed by atoms with Crippen LogP contribution in [-0.2, 0) is 13.2 Å². The van der Waals surface area contributed by atoms with Crippen LogP contribution in [0.1, 0.15) is 37.3 Å². The Hall–Kier alpha value is -2.92. The van der Waals surface area contributed by atoms with Gasteiger partial charge in [-0.15, -0.1) is 0 Å². The zero-order chi connectivity index (χ0) is 22.1. The van der Waals surface area contributed by atoms with Crippen LogP contribution in [0.15, 0.2) is 65.6 Å². The highest BCUT2D eigenvalue weighted by molar-refractivity contribution is 6.33. The summed E-state index contributed by atoms with van der Waals surface area (Å²) in [6, 6.07) is 16.8. The number of benzene rings is 2. The predicted octanol–water partition coefficient (Wildman–Crippen LogP) is 5.71. The summed E-state index contributed by atoms with van der Waals surface area (Å²) in [4.78, 5) is 12.5. The van der Waals surface area contributed by atoms with Crippen LogP contribution in [0.4, 0.5) is 0 Å². The summed E-state index contributed by atoms with van der Waals surface area (Å²) in [6.07, 6.45) is 4.95. The third-order valence-corrected chi connectivity index (χ3v) is 5.33. The molecule has 0 fully saturated rings. The largest absolute Gasteiger partial charge is 0.493 e. The first-order chi connectivity index (χ1) is 15.1. The third kappa shape index (κ3) is 6.28. The molecule has 0 radical (unpaired) electrons. The number of hydrogen-bond donors (Lipinski definition) is 0. The van der Waals surface area contributed by atoms with Gasteiger partial charge in [0, 0.05) is 12.3 Å². The van der Waals surface area contributed by atoms with Gasteiger partial charge < -0.3 is 18.8 Å². The van der Waals surface area contributed by atoms with Crippen molar-refractivity contribution in [3.63, 3.8) is 0 Å². The number of ether oxygens (including phenoxy) is 3. The van der Waals surface area contributed by atoms with E-state index in [0.29, 0.717) is 42.0 Å². The van der Waals surface area contributed by atoms with Crippen LogP contribution in [0.2, 0.25) is 5.02 Å². The summed E-state index contributed by atoms with van der Waals surface area (Å²) in [5.41, 5.74) is 1.65. The van der Waals surface area contributed by atoms with Crippen molar-refractivity contribution >= 4 is 11.6 Å². The number of unbranched alkanes of at least 4 members (excludes halogenated alkanes) is 2. The second-order valence-corrected chi connectivity index (χ2v) is 7.61. The maximum absolute atomic E-state index is 12.5. The molecule has 0 aliphatic heterocycles. The Kier molecular flexibility index (Phi) is 8.42. The molecule has 31 heavy (non-hydrogen) atoms. The standard InChI is InChI=1S/C25H28ClNO4/c1-3-4-8-15-30-21-13-14-27(23(28)16-21)17-20-11-12-22(29-2)25(24(20)26)31-18-19-9-6-5-7-10-19/h5-7,9-14,16H,3-4,8,15,17-18H2,1-2H3. The van der Waals surface area contributed by atoms with E-state index in [1.807, 2.05) is 36.4 Å². The molecule has 164 valence electrons. The Morgan fingerprint density at radius 1 is 1.00 bits per heavy atom. The maximum Gasteiger partial charge on any atom is 0.254 e. The molecule has 0 saturated heterocycles. The zero-order valence-electron chi connectivity index (χ0n) is 18.0. The molecule has 1 heterocycles. The molecule has 0 amide bonds. The lowest BCUT2D eigenvalue weighted by molar-refractivity contribution is 0.284. The van der Waals surface area contributed by atoms with Gasteiger partial charge in [0.15, 0.2) is 11.5 Å². The summed E-state index contributed by atoms with van der Waals surface area (Å²) in [7, 11) is 1.57. The molecule has 0 spiro atoms. The highest BCUT2D eigenvalue weighted by atomic mass is 35.5. The van der Waals surface area contributed by atoms with Crippen molar-refractivity contribution in [1.82, 2.24) is 4.57 Å². The van der Waals surface area contributed by atoms with Crippen LogP contribution in [0, 0.1) is 0 Å². The van der Waals surface area contributed by atoms with E-state index in [0.717, 1.165) is 30.4 Å². The fraction of sp³-hybridized carbons (Fsp3) is 0.320. The second kappa shape index (κ2) is 11.5.